The van der Waals surface area contributed by atoms with Gasteiger partial charge in [-0.25, -0.2) is 14.6 Å². The molecule has 0 spiro atoms. The summed E-state index contributed by atoms with van der Waals surface area (Å²) >= 11 is 0. The van der Waals surface area contributed by atoms with Crippen LogP contribution in [-0.4, -0.2) is 36.5 Å². The topological polar surface area (TPSA) is 97.4 Å². The van der Waals surface area contributed by atoms with Crippen LogP contribution in [0.15, 0.2) is 24.4 Å². The predicted molar refractivity (Wildman–Crippen MR) is 57.1 cm³/mol. The van der Waals surface area contributed by atoms with Gasteiger partial charge >= 0.3 is 12.0 Å². The van der Waals surface area contributed by atoms with Gasteiger partial charge in [-0.05, 0) is 12.1 Å². The second-order valence-electron chi connectivity index (χ2n) is 2.92. The quantitative estimate of drug-likeness (QED) is 0.703. The van der Waals surface area contributed by atoms with Gasteiger partial charge in [0.2, 0.25) is 0 Å². The van der Waals surface area contributed by atoms with Gasteiger partial charge in [0.25, 0.3) is 5.91 Å². The van der Waals surface area contributed by atoms with E-state index in [4.69, 9.17) is 0 Å². The van der Waals surface area contributed by atoms with E-state index < -0.39 is 24.5 Å². The molecule has 90 valence electrons. The summed E-state index contributed by atoms with van der Waals surface area (Å²) in [6.07, 6.45) is 1.43. The van der Waals surface area contributed by atoms with Crippen molar-refractivity contribution < 1.29 is 19.1 Å². The summed E-state index contributed by atoms with van der Waals surface area (Å²) < 4.78 is 4.64. The van der Waals surface area contributed by atoms with Crippen LogP contribution in [-0.2, 0) is 9.53 Å². The maximum atomic E-state index is 11.3. The van der Waals surface area contributed by atoms with Crippen LogP contribution in [0.25, 0.3) is 0 Å². The van der Waals surface area contributed by atoms with Crippen LogP contribution in [0.5, 0.6) is 0 Å². The summed E-state index contributed by atoms with van der Waals surface area (Å²) in [7, 11) is 1.36. The molecule has 17 heavy (non-hydrogen) atoms. The fourth-order valence-corrected chi connectivity index (χ4v) is 0.914. The van der Waals surface area contributed by atoms with E-state index in [1.54, 1.807) is 12.1 Å². The first-order valence-corrected chi connectivity index (χ1v) is 4.73. The van der Waals surface area contributed by atoms with Crippen molar-refractivity contribution in [3.05, 3.63) is 30.1 Å². The highest BCUT2D eigenvalue weighted by atomic mass is 16.5. The van der Waals surface area contributed by atoms with Gasteiger partial charge in [-0.3, -0.25) is 10.1 Å². The number of imide groups is 1. The van der Waals surface area contributed by atoms with Crippen LogP contribution >= 0.6 is 0 Å². The van der Waals surface area contributed by atoms with Crippen LogP contribution in [0, 0.1) is 0 Å². The van der Waals surface area contributed by atoms with Crippen molar-refractivity contribution >= 4 is 17.9 Å². The second-order valence-corrected chi connectivity index (χ2v) is 2.92. The zero-order valence-electron chi connectivity index (χ0n) is 9.10. The van der Waals surface area contributed by atoms with Crippen molar-refractivity contribution in [2.45, 2.75) is 0 Å². The Bertz CT molecular complexity index is 419. The average molecular weight is 237 g/mol. The first-order valence-electron chi connectivity index (χ1n) is 4.73. The summed E-state index contributed by atoms with van der Waals surface area (Å²) in [6, 6.07) is 4.06. The highest BCUT2D eigenvalue weighted by molar-refractivity contribution is 5.96. The molecule has 0 fully saturated rings. The zero-order valence-corrected chi connectivity index (χ0v) is 9.10. The predicted octanol–water partition coefficient (Wildman–Crippen LogP) is -0.306. The SMILES string of the molecule is CNC(=O)NC(=O)COC(=O)c1ccccn1. The normalized spacial score (nSPS) is 9.24. The summed E-state index contributed by atoms with van der Waals surface area (Å²) in [4.78, 5) is 36.9. The number of amides is 3. The Kier molecular flexibility index (Phi) is 4.61. The van der Waals surface area contributed by atoms with Gasteiger partial charge in [-0.1, -0.05) is 6.07 Å². The molecule has 0 radical (unpaired) electrons. The lowest BCUT2D eigenvalue weighted by Crippen LogP contribution is -2.39. The van der Waals surface area contributed by atoms with Crippen LogP contribution in [0.1, 0.15) is 10.5 Å². The molecule has 0 aliphatic carbocycles. The minimum Gasteiger partial charge on any atom is -0.451 e. The Morgan fingerprint density at radius 3 is 2.71 bits per heavy atom. The van der Waals surface area contributed by atoms with Gasteiger partial charge in [0, 0.05) is 13.2 Å². The van der Waals surface area contributed by atoms with E-state index in [-0.39, 0.29) is 5.69 Å². The molecular weight excluding hydrogens is 226 g/mol. The Labute approximate surface area is 97.2 Å². The Morgan fingerprint density at radius 1 is 1.35 bits per heavy atom. The Balaban J connectivity index is 2.39. The van der Waals surface area contributed by atoms with Crippen molar-refractivity contribution in [2.75, 3.05) is 13.7 Å². The lowest BCUT2D eigenvalue weighted by molar-refractivity contribution is -0.123. The molecule has 0 saturated heterocycles. The number of carbonyl (C=O) groups is 3. The van der Waals surface area contributed by atoms with Crippen LogP contribution in [0.2, 0.25) is 0 Å². The van der Waals surface area contributed by atoms with E-state index in [0.29, 0.717) is 0 Å². The minimum atomic E-state index is -0.724. The number of hydrogen-bond donors (Lipinski definition) is 2. The summed E-state index contributed by atoms with van der Waals surface area (Å²) in [5, 5.41) is 4.14. The molecule has 0 aliphatic heterocycles. The molecule has 3 amide bonds. The fourth-order valence-electron chi connectivity index (χ4n) is 0.914. The van der Waals surface area contributed by atoms with Gasteiger partial charge in [0.15, 0.2) is 6.61 Å². The van der Waals surface area contributed by atoms with Gasteiger partial charge < -0.3 is 10.1 Å². The van der Waals surface area contributed by atoms with Crippen molar-refractivity contribution in [1.29, 1.82) is 0 Å². The first kappa shape index (κ1) is 12.6. The first-order chi connectivity index (χ1) is 8.13. The Morgan fingerprint density at radius 2 is 2.12 bits per heavy atom. The molecule has 7 nitrogen and oxygen atoms in total. The highest BCUT2D eigenvalue weighted by Gasteiger charge is 2.11. The number of aromatic nitrogens is 1. The molecule has 0 aliphatic rings. The summed E-state index contributed by atoms with van der Waals surface area (Å²) in [5.74, 6) is -1.44. The molecule has 1 aromatic heterocycles. The monoisotopic (exact) mass is 237 g/mol. The number of pyridine rings is 1. The minimum absolute atomic E-state index is 0.0974. The molecule has 0 unspecified atom stereocenters. The zero-order chi connectivity index (χ0) is 12.7. The van der Waals surface area contributed by atoms with E-state index in [0.717, 1.165) is 0 Å². The third kappa shape index (κ3) is 4.29. The second kappa shape index (κ2) is 6.21. The third-order valence-corrected chi connectivity index (χ3v) is 1.69. The lowest BCUT2D eigenvalue weighted by atomic mass is 10.3. The van der Waals surface area contributed by atoms with E-state index in [1.807, 2.05) is 5.32 Å². The molecule has 0 aromatic carbocycles. The molecule has 1 rings (SSSR count). The fraction of sp³-hybridized carbons (Fsp3) is 0.200. The Hall–Kier alpha value is -2.44. The molecular formula is C10H11N3O4. The van der Waals surface area contributed by atoms with Crippen LogP contribution in [0.3, 0.4) is 0 Å². The van der Waals surface area contributed by atoms with Crippen molar-refractivity contribution in [1.82, 2.24) is 15.6 Å². The van der Waals surface area contributed by atoms with Crippen molar-refractivity contribution in [3.63, 3.8) is 0 Å². The number of urea groups is 1. The molecule has 0 saturated carbocycles. The van der Waals surface area contributed by atoms with Gasteiger partial charge in [0.05, 0.1) is 0 Å². The number of nitrogens with zero attached hydrogens (tertiary/aromatic N) is 1. The third-order valence-electron chi connectivity index (χ3n) is 1.69. The summed E-state index contributed by atoms with van der Waals surface area (Å²) in [6.45, 7) is -0.539. The van der Waals surface area contributed by atoms with E-state index in [9.17, 15) is 14.4 Å². The number of ether oxygens (including phenoxy) is 1. The standard InChI is InChI=1S/C10H11N3O4/c1-11-10(16)13-8(14)6-17-9(15)7-4-2-3-5-12-7/h2-5H,6H2,1H3,(H2,11,13,14,16). The molecule has 1 aromatic rings. The molecule has 1 heterocycles. The average Bonchev–Trinajstić information content (AvgIpc) is 2.36. The van der Waals surface area contributed by atoms with E-state index in [2.05, 4.69) is 15.0 Å². The van der Waals surface area contributed by atoms with Gasteiger partial charge in [-0.2, -0.15) is 0 Å². The number of nitrogens with one attached hydrogen (secondary N) is 2. The lowest BCUT2D eigenvalue weighted by Gasteiger charge is -2.04. The number of carbonyl (C=O) groups excluding carboxylic acids is 3. The highest BCUT2D eigenvalue weighted by Crippen LogP contribution is 1.96. The van der Waals surface area contributed by atoms with E-state index in [1.165, 1.54) is 19.3 Å². The number of rotatable bonds is 3. The van der Waals surface area contributed by atoms with Crippen LogP contribution < -0.4 is 10.6 Å². The maximum Gasteiger partial charge on any atom is 0.357 e. The number of esters is 1. The van der Waals surface area contributed by atoms with Crippen molar-refractivity contribution in [2.24, 2.45) is 0 Å². The van der Waals surface area contributed by atoms with Crippen LogP contribution in [0.4, 0.5) is 4.79 Å². The smallest absolute Gasteiger partial charge is 0.357 e. The molecule has 0 atom stereocenters. The molecule has 7 heteroatoms. The summed E-state index contributed by atoms with van der Waals surface area (Å²) in [5.41, 5.74) is 0.0974. The molecule has 2 N–H and O–H groups in total. The molecule has 0 bridgehead atoms. The maximum absolute atomic E-state index is 11.3. The number of hydrogen-bond acceptors (Lipinski definition) is 5. The largest absolute Gasteiger partial charge is 0.451 e. The van der Waals surface area contributed by atoms with Gasteiger partial charge in [0.1, 0.15) is 5.69 Å². The van der Waals surface area contributed by atoms with Gasteiger partial charge in [-0.15, -0.1) is 0 Å². The van der Waals surface area contributed by atoms with E-state index >= 15 is 0 Å². The van der Waals surface area contributed by atoms with Crippen molar-refractivity contribution in [3.8, 4) is 0 Å².